The molecule has 0 aromatic carbocycles. The Morgan fingerprint density at radius 1 is 0.842 bits per heavy atom. The molecule has 0 bridgehead atoms. The molecule has 19 heavy (non-hydrogen) atoms. The van der Waals surface area contributed by atoms with E-state index in [9.17, 15) is 15.3 Å². The van der Waals surface area contributed by atoms with Crippen LogP contribution in [0, 0.1) is 11.3 Å². The fourth-order valence-electron chi connectivity index (χ4n) is 3.67. The van der Waals surface area contributed by atoms with E-state index in [0.717, 1.165) is 25.7 Å². The largest absolute Gasteiger partial charge is 0.396 e. The zero-order chi connectivity index (χ0) is 13.7. The van der Waals surface area contributed by atoms with E-state index in [1.54, 1.807) is 0 Å². The molecule has 2 fully saturated rings. The molecule has 0 radical (unpaired) electrons. The van der Waals surface area contributed by atoms with Crippen LogP contribution in [0.1, 0.15) is 51.4 Å². The molecule has 2 rings (SSSR count). The first-order valence-corrected chi connectivity index (χ1v) is 7.74. The topological polar surface area (TPSA) is 69.9 Å². The molecular formula is C15H28O4. The Labute approximate surface area is 115 Å². The van der Waals surface area contributed by atoms with Crippen LogP contribution in [0.4, 0.5) is 0 Å². The third-order valence-electron chi connectivity index (χ3n) is 5.02. The third-order valence-corrected chi connectivity index (χ3v) is 5.02. The third kappa shape index (κ3) is 3.30. The lowest BCUT2D eigenvalue weighted by molar-refractivity contribution is -0.156. The zero-order valence-corrected chi connectivity index (χ0v) is 11.8. The van der Waals surface area contributed by atoms with E-state index in [0.29, 0.717) is 5.92 Å². The van der Waals surface area contributed by atoms with Gasteiger partial charge in [-0.15, -0.1) is 0 Å². The van der Waals surface area contributed by atoms with E-state index in [2.05, 4.69) is 0 Å². The second-order valence-electron chi connectivity index (χ2n) is 6.34. The van der Waals surface area contributed by atoms with E-state index >= 15 is 0 Å². The Balaban J connectivity index is 2.11. The van der Waals surface area contributed by atoms with Crippen LogP contribution in [0.2, 0.25) is 0 Å². The SMILES string of the molecule is OCC(CO)(CO)C(OC1CCCC1)C1CCCC1. The molecule has 0 amide bonds. The average molecular weight is 272 g/mol. The number of hydrogen-bond donors (Lipinski definition) is 3. The summed E-state index contributed by atoms with van der Waals surface area (Å²) in [5.74, 6) is 0.368. The van der Waals surface area contributed by atoms with Crippen molar-refractivity contribution in [3.8, 4) is 0 Å². The highest BCUT2D eigenvalue weighted by molar-refractivity contribution is 4.93. The molecule has 2 aliphatic carbocycles. The highest BCUT2D eigenvalue weighted by atomic mass is 16.5. The van der Waals surface area contributed by atoms with Crippen LogP contribution in [0.3, 0.4) is 0 Å². The second-order valence-corrected chi connectivity index (χ2v) is 6.34. The Morgan fingerprint density at radius 2 is 1.32 bits per heavy atom. The lowest BCUT2D eigenvalue weighted by Crippen LogP contribution is -2.50. The normalized spacial score (nSPS) is 24.2. The van der Waals surface area contributed by atoms with Gasteiger partial charge in [0, 0.05) is 0 Å². The van der Waals surface area contributed by atoms with Crippen LogP contribution < -0.4 is 0 Å². The fraction of sp³-hybridized carbons (Fsp3) is 1.00. The van der Waals surface area contributed by atoms with Gasteiger partial charge in [0.1, 0.15) is 0 Å². The van der Waals surface area contributed by atoms with Gasteiger partial charge in [-0.2, -0.15) is 0 Å². The van der Waals surface area contributed by atoms with E-state index in [1.165, 1.54) is 25.7 Å². The second kappa shape index (κ2) is 7.02. The lowest BCUT2D eigenvalue weighted by Gasteiger charge is -2.41. The average Bonchev–Trinajstić information content (AvgIpc) is 3.13. The number of aliphatic hydroxyl groups is 3. The molecule has 0 heterocycles. The van der Waals surface area contributed by atoms with Crippen LogP contribution in [0.15, 0.2) is 0 Å². The standard InChI is InChI=1S/C15H28O4/c16-9-15(10-17,11-18)14(12-5-1-2-6-12)19-13-7-3-4-8-13/h12-14,16-18H,1-11H2. The van der Waals surface area contributed by atoms with Crippen molar-refractivity contribution >= 4 is 0 Å². The number of rotatable bonds is 7. The van der Waals surface area contributed by atoms with E-state index in [1.807, 2.05) is 0 Å². The van der Waals surface area contributed by atoms with E-state index in [4.69, 9.17) is 4.74 Å². The van der Waals surface area contributed by atoms with Crippen LogP contribution in [-0.4, -0.2) is 47.3 Å². The van der Waals surface area contributed by atoms with Gasteiger partial charge in [-0.05, 0) is 31.6 Å². The van der Waals surface area contributed by atoms with Crippen LogP contribution in [-0.2, 0) is 4.74 Å². The maximum atomic E-state index is 9.68. The van der Waals surface area contributed by atoms with Crippen molar-refractivity contribution in [2.24, 2.45) is 11.3 Å². The first-order chi connectivity index (χ1) is 9.25. The Bertz CT molecular complexity index is 245. The van der Waals surface area contributed by atoms with E-state index in [-0.39, 0.29) is 32.0 Å². The maximum absolute atomic E-state index is 9.68. The number of hydrogen-bond acceptors (Lipinski definition) is 4. The quantitative estimate of drug-likeness (QED) is 0.656. The summed E-state index contributed by atoms with van der Waals surface area (Å²) in [7, 11) is 0. The molecule has 2 aliphatic rings. The van der Waals surface area contributed by atoms with Crippen LogP contribution >= 0.6 is 0 Å². The van der Waals surface area contributed by atoms with Gasteiger partial charge in [-0.1, -0.05) is 25.7 Å². The van der Waals surface area contributed by atoms with Gasteiger partial charge in [0.25, 0.3) is 0 Å². The summed E-state index contributed by atoms with van der Waals surface area (Å²) in [6.07, 6.45) is 9.12. The Hall–Kier alpha value is -0.160. The minimum atomic E-state index is -0.891. The van der Waals surface area contributed by atoms with Crippen molar-refractivity contribution in [2.75, 3.05) is 19.8 Å². The molecule has 0 saturated heterocycles. The molecule has 0 spiro atoms. The van der Waals surface area contributed by atoms with Crippen molar-refractivity contribution < 1.29 is 20.1 Å². The summed E-state index contributed by atoms with van der Waals surface area (Å²) in [4.78, 5) is 0. The highest BCUT2D eigenvalue weighted by Crippen LogP contribution is 2.40. The fourth-order valence-corrected chi connectivity index (χ4v) is 3.67. The zero-order valence-electron chi connectivity index (χ0n) is 11.8. The molecule has 1 atom stereocenters. The van der Waals surface area contributed by atoms with Crippen LogP contribution in [0.5, 0.6) is 0 Å². The molecule has 0 aromatic rings. The first-order valence-electron chi connectivity index (χ1n) is 7.74. The number of ether oxygens (including phenoxy) is 1. The van der Waals surface area contributed by atoms with Crippen molar-refractivity contribution in [3.63, 3.8) is 0 Å². The van der Waals surface area contributed by atoms with Gasteiger partial charge < -0.3 is 20.1 Å². The molecule has 0 aliphatic heterocycles. The first kappa shape index (κ1) is 15.2. The van der Waals surface area contributed by atoms with Crippen molar-refractivity contribution in [1.29, 1.82) is 0 Å². The summed E-state index contributed by atoms with van der Waals surface area (Å²) >= 11 is 0. The summed E-state index contributed by atoms with van der Waals surface area (Å²) in [5.41, 5.74) is -0.891. The minimum Gasteiger partial charge on any atom is -0.396 e. The summed E-state index contributed by atoms with van der Waals surface area (Å²) < 4.78 is 6.25. The monoisotopic (exact) mass is 272 g/mol. The molecular weight excluding hydrogens is 244 g/mol. The predicted octanol–water partition coefficient (Wildman–Crippen LogP) is 1.47. The summed E-state index contributed by atoms with van der Waals surface area (Å²) in [5, 5.41) is 29.0. The highest BCUT2D eigenvalue weighted by Gasteiger charge is 2.45. The molecule has 3 N–H and O–H groups in total. The molecule has 112 valence electrons. The Morgan fingerprint density at radius 3 is 1.79 bits per heavy atom. The summed E-state index contributed by atoms with van der Waals surface area (Å²) in [6, 6.07) is 0. The van der Waals surface area contributed by atoms with Crippen molar-refractivity contribution in [1.82, 2.24) is 0 Å². The number of aliphatic hydroxyl groups excluding tert-OH is 3. The minimum absolute atomic E-state index is 0.210. The maximum Gasteiger partial charge on any atom is 0.0729 e. The van der Waals surface area contributed by atoms with Crippen LogP contribution in [0.25, 0.3) is 0 Å². The van der Waals surface area contributed by atoms with Crippen molar-refractivity contribution in [3.05, 3.63) is 0 Å². The molecule has 1 unspecified atom stereocenters. The molecule has 4 nitrogen and oxygen atoms in total. The van der Waals surface area contributed by atoms with Gasteiger partial charge in [0.15, 0.2) is 0 Å². The van der Waals surface area contributed by atoms with Gasteiger partial charge in [0.2, 0.25) is 0 Å². The smallest absolute Gasteiger partial charge is 0.0729 e. The van der Waals surface area contributed by atoms with Crippen molar-refractivity contribution in [2.45, 2.75) is 63.6 Å². The van der Waals surface area contributed by atoms with Gasteiger partial charge in [-0.3, -0.25) is 0 Å². The van der Waals surface area contributed by atoms with E-state index < -0.39 is 5.41 Å². The van der Waals surface area contributed by atoms with Gasteiger partial charge >= 0.3 is 0 Å². The Kier molecular flexibility index (Phi) is 5.63. The molecule has 2 saturated carbocycles. The van der Waals surface area contributed by atoms with Gasteiger partial charge in [-0.25, -0.2) is 0 Å². The lowest BCUT2D eigenvalue weighted by atomic mass is 9.77. The molecule has 0 aromatic heterocycles. The molecule has 4 heteroatoms. The summed E-state index contributed by atoms with van der Waals surface area (Å²) in [6.45, 7) is -0.643. The van der Waals surface area contributed by atoms with Gasteiger partial charge in [0.05, 0.1) is 37.4 Å². The predicted molar refractivity (Wildman–Crippen MR) is 72.8 cm³/mol.